The Bertz CT molecular complexity index is 253. The van der Waals surface area contributed by atoms with E-state index in [4.69, 9.17) is 13.6 Å². The molecule has 3 nitrogen and oxygen atoms in total. The predicted octanol–water partition coefficient (Wildman–Crippen LogP) is 3.52. The maximum absolute atomic E-state index is 5.55. The first-order valence-corrected chi connectivity index (χ1v) is 7.76. The van der Waals surface area contributed by atoms with E-state index >= 15 is 0 Å². The zero-order chi connectivity index (χ0) is 13.5. The Morgan fingerprint density at radius 1 is 1.22 bits per heavy atom. The molecule has 0 aromatic rings. The van der Waals surface area contributed by atoms with Crippen molar-refractivity contribution in [3.8, 4) is 0 Å². The average Bonchev–Trinajstić information content (AvgIpc) is 2.73. The molecule has 0 N–H and O–H groups in total. The lowest BCUT2D eigenvalue weighted by Crippen LogP contribution is -2.23. The lowest BCUT2D eigenvalue weighted by atomic mass is 9.86. The lowest BCUT2D eigenvalue weighted by molar-refractivity contribution is 0.134. The Morgan fingerprint density at radius 3 is 2.33 bits per heavy atom. The van der Waals surface area contributed by atoms with Crippen LogP contribution >= 0.6 is 28.4 Å². The van der Waals surface area contributed by atoms with Gasteiger partial charge >= 0.3 is 0 Å². The highest BCUT2D eigenvalue weighted by atomic mass is 31.0. The van der Waals surface area contributed by atoms with Crippen molar-refractivity contribution in [2.45, 2.75) is 50.9 Å². The van der Waals surface area contributed by atoms with Gasteiger partial charge in [0.2, 0.25) is 0 Å². The van der Waals surface area contributed by atoms with Crippen molar-refractivity contribution in [2.75, 3.05) is 0 Å². The van der Waals surface area contributed by atoms with E-state index in [0.717, 1.165) is 25.7 Å². The molecule has 1 aliphatic rings. The SMILES string of the molecule is C=CC[C@@H]1[C@@H](CC[C@H](C)OP)[C@H](OP)C[C@@H]1OP. The van der Waals surface area contributed by atoms with E-state index in [1.165, 1.54) is 0 Å². The molecule has 0 bridgehead atoms. The third kappa shape index (κ3) is 4.48. The van der Waals surface area contributed by atoms with Crippen LogP contribution in [0.2, 0.25) is 0 Å². The molecule has 0 aromatic heterocycles. The number of allylic oxidation sites excluding steroid dienone is 1. The van der Waals surface area contributed by atoms with Gasteiger partial charge in [-0.25, -0.2) is 0 Å². The number of hydrogen-bond donors (Lipinski definition) is 0. The van der Waals surface area contributed by atoms with Gasteiger partial charge in [0.05, 0.1) is 18.3 Å². The summed E-state index contributed by atoms with van der Waals surface area (Å²) in [6, 6.07) is 0. The summed E-state index contributed by atoms with van der Waals surface area (Å²) in [5.41, 5.74) is 0. The molecule has 0 radical (unpaired) electrons. The molecule has 18 heavy (non-hydrogen) atoms. The molecular formula is C12H25O3P3. The minimum Gasteiger partial charge on any atom is -0.363 e. The third-order valence-corrected chi connectivity index (χ3v) is 5.06. The second kappa shape index (κ2) is 8.96. The highest BCUT2D eigenvalue weighted by molar-refractivity contribution is 7.10. The van der Waals surface area contributed by atoms with Crippen molar-refractivity contribution >= 4 is 28.4 Å². The maximum Gasteiger partial charge on any atom is 0.0670 e. The van der Waals surface area contributed by atoms with Crippen LogP contribution in [0.25, 0.3) is 0 Å². The summed E-state index contributed by atoms with van der Waals surface area (Å²) >= 11 is 0. The van der Waals surface area contributed by atoms with Gasteiger partial charge in [0.15, 0.2) is 0 Å². The fourth-order valence-corrected chi connectivity index (χ4v) is 3.62. The molecule has 1 fully saturated rings. The fraction of sp³-hybridized carbons (Fsp3) is 0.833. The van der Waals surface area contributed by atoms with Crippen LogP contribution in [0.15, 0.2) is 12.7 Å². The van der Waals surface area contributed by atoms with Gasteiger partial charge in [0.25, 0.3) is 0 Å². The van der Waals surface area contributed by atoms with Gasteiger partial charge < -0.3 is 13.6 Å². The van der Waals surface area contributed by atoms with Crippen LogP contribution in [0.5, 0.6) is 0 Å². The molecule has 0 spiro atoms. The van der Waals surface area contributed by atoms with Gasteiger partial charge in [-0.2, -0.15) is 0 Å². The van der Waals surface area contributed by atoms with Gasteiger partial charge in [-0.15, -0.1) is 6.58 Å². The molecular weight excluding hydrogens is 285 g/mol. The summed E-state index contributed by atoms with van der Waals surface area (Å²) in [5.74, 6) is 0.996. The molecule has 106 valence electrons. The molecule has 1 saturated carbocycles. The highest BCUT2D eigenvalue weighted by Gasteiger charge is 2.42. The van der Waals surface area contributed by atoms with E-state index in [1.54, 1.807) is 0 Å². The second-order valence-electron chi connectivity index (χ2n) is 4.96. The minimum atomic E-state index is 0.246. The maximum atomic E-state index is 5.55. The molecule has 0 heterocycles. The smallest absolute Gasteiger partial charge is 0.0670 e. The lowest BCUT2D eigenvalue weighted by Gasteiger charge is -2.25. The van der Waals surface area contributed by atoms with Gasteiger partial charge in [0, 0.05) is 34.8 Å². The van der Waals surface area contributed by atoms with Crippen LogP contribution in [0.4, 0.5) is 0 Å². The third-order valence-electron chi connectivity index (χ3n) is 3.90. The van der Waals surface area contributed by atoms with Gasteiger partial charge in [-0.1, -0.05) is 6.08 Å². The molecule has 0 amide bonds. The first-order valence-electron chi connectivity index (χ1n) is 6.35. The highest BCUT2D eigenvalue weighted by Crippen LogP contribution is 2.42. The molecule has 0 saturated heterocycles. The van der Waals surface area contributed by atoms with Crippen LogP contribution < -0.4 is 0 Å². The molecule has 0 aliphatic heterocycles. The van der Waals surface area contributed by atoms with Crippen molar-refractivity contribution in [3.05, 3.63) is 12.7 Å². The zero-order valence-electron chi connectivity index (χ0n) is 11.0. The topological polar surface area (TPSA) is 27.7 Å². The van der Waals surface area contributed by atoms with E-state index in [-0.39, 0.29) is 18.3 Å². The Balaban J connectivity index is 2.64. The van der Waals surface area contributed by atoms with Gasteiger partial charge in [-0.05, 0) is 38.0 Å². The predicted molar refractivity (Wildman–Crippen MR) is 85.1 cm³/mol. The van der Waals surface area contributed by atoms with Gasteiger partial charge in [-0.3, -0.25) is 0 Å². The van der Waals surface area contributed by atoms with Crippen molar-refractivity contribution < 1.29 is 13.6 Å². The van der Waals surface area contributed by atoms with E-state index in [0.29, 0.717) is 11.8 Å². The summed E-state index contributed by atoms with van der Waals surface area (Å²) in [5, 5.41) is 0. The first kappa shape index (κ1) is 17.0. The van der Waals surface area contributed by atoms with Crippen LogP contribution in [0.3, 0.4) is 0 Å². The Morgan fingerprint density at radius 2 is 1.83 bits per heavy atom. The molecule has 6 heteroatoms. The van der Waals surface area contributed by atoms with Crippen molar-refractivity contribution in [1.82, 2.24) is 0 Å². The standard InChI is InChI=1S/C12H25O3P3/c1-3-4-9-10(6-5-8(2)13-16)12(15-18)7-11(9)14-17/h3,8-12H,1,4-7,16-18H2,2H3/t8-,9+,10+,11-,12+/m0/s1. The zero-order valence-corrected chi connectivity index (χ0v) is 14.4. The van der Waals surface area contributed by atoms with E-state index in [9.17, 15) is 0 Å². The molecule has 8 atom stereocenters. The number of rotatable bonds is 8. The van der Waals surface area contributed by atoms with Gasteiger partial charge in [0.1, 0.15) is 0 Å². The summed E-state index contributed by atoms with van der Waals surface area (Å²) in [6.07, 6.45) is 6.80. The van der Waals surface area contributed by atoms with Crippen LogP contribution in [-0.2, 0) is 13.6 Å². The van der Waals surface area contributed by atoms with Crippen LogP contribution in [0.1, 0.15) is 32.6 Å². The molecule has 1 aliphatic carbocycles. The second-order valence-corrected chi connectivity index (χ2v) is 5.78. The summed E-state index contributed by atoms with van der Waals surface area (Å²) in [4.78, 5) is 0. The Kier molecular flexibility index (Phi) is 8.44. The monoisotopic (exact) mass is 310 g/mol. The average molecular weight is 310 g/mol. The van der Waals surface area contributed by atoms with Crippen molar-refractivity contribution in [3.63, 3.8) is 0 Å². The largest absolute Gasteiger partial charge is 0.363 e. The summed E-state index contributed by atoms with van der Waals surface area (Å²) < 4.78 is 16.3. The summed E-state index contributed by atoms with van der Waals surface area (Å²) in [6.45, 7) is 5.94. The Hall–Kier alpha value is 0.910. The van der Waals surface area contributed by atoms with Crippen molar-refractivity contribution in [2.24, 2.45) is 11.8 Å². The summed E-state index contributed by atoms with van der Waals surface area (Å²) in [7, 11) is 7.12. The van der Waals surface area contributed by atoms with Crippen LogP contribution in [-0.4, -0.2) is 18.3 Å². The molecule has 3 unspecified atom stereocenters. The molecule has 1 rings (SSSR count). The fourth-order valence-electron chi connectivity index (χ4n) is 2.86. The normalized spacial score (nSPS) is 33.6. The van der Waals surface area contributed by atoms with E-state index in [2.05, 4.69) is 41.9 Å². The van der Waals surface area contributed by atoms with E-state index in [1.807, 2.05) is 6.08 Å². The number of hydrogen-bond acceptors (Lipinski definition) is 3. The van der Waals surface area contributed by atoms with Crippen molar-refractivity contribution in [1.29, 1.82) is 0 Å². The van der Waals surface area contributed by atoms with Crippen LogP contribution in [0, 0.1) is 11.8 Å². The minimum absolute atomic E-state index is 0.246. The molecule has 0 aromatic carbocycles. The first-order chi connectivity index (χ1) is 8.67. The Labute approximate surface area is 118 Å². The van der Waals surface area contributed by atoms with E-state index < -0.39 is 0 Å². The quantitative estimate of drug-likeness (QED) is 0.507.